The number of carbonyl (C=O) groups excluding carboxylic acids is 4. The molecule has 4 atom stereocenters. The van der Waals surface area contributed by atoms with Crippen LogP contribution in [-0.4, -0.2) is 76.3 Å². The Kier molecular flexibility index (Phi) is 11.2. The van der Waals surface area contributed by atoms with Crippen molar-refractivity contribution in [2.24, 2.45) is 11.5 Å². The predicted molar refractivity (Wildman–Crippen MR) is 116 cm³/mol. The van der Waals surface area contributed by atoms with Crippen LogP contribution in [-0.2, 0) is 30.4 Å². The lowest BCUT2D eigenvalue weighted by molar-refractivity contribution is -0.143. The maximum absolute atomic E-state index is 12.9. The molecule has 0 saturated heterocycles. The summed E-state index contributed by atoms with van der Waals surface area (Å²) in [6.07, 6.45) is -0.603. The fraction of sp³-hybridized carbons (Fsp3) is 0.421. The molecule has 176 valence electrons. The van der Waals surface area contributed by atoms with Gasteiger partial charge in [0.1, 0.15) is 18.1 Å². The number of carboxylic acid groups (broad SMARTS) is 1. The highest BCUT2D eigenvalue weighted by atomic mass is 32.1. The number of nitrogens with two attached hydrogens (primary N) is 2. The van der Waals surface area contributed by atoms with Crippen molar-refractivity contribution < 1.29 is 34.2 Å². The van der Waals surface area contributed by atoms with Gasteiger partial charge < -0.3 is 37.6 Å². The third-order valence-electron chi connectivity index (χ3n) is 4.28. The van der Waals surface area contributed by atoms with Crippen LogP contribution in [0.25, 0.3) is 0 Å². The fourth-order valence-electron chi connectivity index (χ4n) is 2.56. The topological polar surface area (TPSA) is 214 Å². The molecular weight excluding hydrogens is 442 g/mol. The molecule has 32 heavy (non-hydrogen) atoms. The Morgan fingerprint density at radius 2 is 1.44 bits per heavy atom. The highest BCUT2D eigenvalue weighted by molar-refractivity contribution is 7.80. The molecule has 0 fully saturated rings. The summed E-state index contributed by atoms with van der Waals surface area (Å²) in [6.45, 7) is -0.910. The zero-order valence-corrected chi connectivity index (χ0v) is 18.0. The second-order valence-corrected chi connectivity index (χ2v) is 7.22. The molecule has 9 N–H and O–H groups in total. The number of carbonyl (C=O) groups is 5. The van der Waals surface area contributed by atoms with Crippen LogP contribution in [0.4, 0.5) is 0 Å². The molecule has 12 nitrogen and oxygen atoms in total. The SMILES string of the molecule is NC(=O)CC(NC(=O)C(Cc1ccccc1)NC(=O)C(N)CS)C(=O)NC(CO)C(=O)O. The zero-order chi connectivity index (χ0) is 24.3. The Hall–Kier alpha value is -3.16. The quantitative estimate of drug-likeness (QED) is 0.138. The molecule has 4 amide bonds. The number of aliphatic hydroxyl groups is 1. The lowest BCUT2D eigenvalue weighted by atomic mass is 10.0. The van der Waals surface area contributed by atoms with Crippen molar-refractivity contribution in [3.63, 3.8) is 0 Å². The van der Waals surface area contributed by atoms with E-state index in [2.05, 4.69) is 23.3 Å². The summed E-state index contributed by atoms with van der Waals surface area (Å²) in [5.74, 6) is -4.96. The van der Waals surface area contributed by atoms with Crippen molar-refractivity contribution in [2.45, 2.75) is 37.0 Å². The Morgan fingerprint density at radius 3 is 1.94 bits per heavy atom. The summed E-state index contributed by atoms with van der Waals surface area (Å²) in [5.41, 5.74) is 11.5. The van der Waals surface area contributed by atoms with Gasteiger partial charge in [0.15, 0.2) is 0 Å². The first-order chi connectivity index (χ1) is 15.1. The molecule has 0 radical (unpaired) electrons. The van der Waals surface area contributed by atoms with Gasteiger partial charge in [-0.05, 0) is 5.56 Å². The molecule has 0 bridgehead atoms. The van der Waals surface area contributed by atoms with E-state index in [4.69, 9.17) is 21.7 Å². The number of rotatable bonds is 13. The molecule has 0 aromatic heterocycles. The van der Waals surface area contributed by atoms with Crippen molar-refractivity contribution in [1.82, 2.24) is 16.0 Å². The van der Waals surface area contributed by atoms with Crippen molar-refractivity contribution in [1.29, 1.82) is 0 Å². The molecular formula is C19H27N5O7S. The Balaban J connectivity index is 3.06. The minimum Gasteiger partial charge on any atom is -0.480 e. The molecule has 0 saturated carbocycles. The number of thiol groups is 1. The lowest BCUT2D eigenvalue weighted by Crippen LogP contribution is -2.58. The van der Waals surface area contributed by atoms with Crippen LogP contribution in [0.5, 0.6) is 0 Å². The second-order valence-electron chi connectivity index (χ2n) is 6.85. The van der Waals surface area contributed by atoms with Crippen LogP contribution in [0.15, 0.2) is 30.3 Å². The smallest absolute Gasteiger partial charge is 0.328 e. The third-order valence-corrected chi connectivity index (χ3v) is 4.68. The molecule has 1 rings (SSSR count). The minimum absolute atomic E-state index is 0.0238. The molecule has 4 unspecified atom stereocenters. The van der Waals surface area contributed by atoms with E-state index in [1.165, 1.54) is 0 Å². The molecule has 0 aliphatic rings. The van der Waals surface area contributed by atoms with Crippen LogP contribution in [0.3, 0.4) is 0 Å². The maximum atomic E-state index is 12.9. The number of aliphatic carboxylic acids is 1. The molecule has 0 heterocycles. The predicted octanol–water partition coefficient (Wildman–Crippen LogP) is -3.11. The van der Waals surface area contributed by atoms with E-state index in [1.54, 1.807) is 30.3 Å². The van der Waals surface area contributed by atoms with Crippen molar-refractivity contribution in [3.05, 3.63) is 35.9 Å². The summed E-state index contributed by atoms with van der Waals surface area (Å²) in [6, 6.07) is 3.31. The first-order valence-electron chi connectivity index (χ1n) is 9.52. The largest absolute Gasteiger partial charge is 0.480 e. The van der Waals surface area contributed by atoms with Gasteiger partial charge >= 0.3 is 5.97 Å². The first kappa shape index (κ1) is 26.9. The monoisotopic (exact) mass is 469 g/mol. The standard InChI is InChI=1S/C19H27N5O7S/c20-11(9-32)16(27)22-12(6-10-4-2-1-3-5-10)17(28)23-13(7-15(21)26)18(29)24-14(8-25)19(30)31/h1-5,11-14,25,32H,6-9,20H2,(H2,21,26)(H,22,27)(H,23,28)(H,24,29)(H,30,31). The van der Waals surface area contributed by atoms with Gasteiger partial charge in [-0.3, -0.25) is 19.2 Å². The number of carboxylic acids is 1. The van der Waals surface area contributed by atoms with Gasteiger partial charge in [0.05, 0.1) is 19.1 Å². The molecule has 13 heteroatoms. The van der Waals surface area contributed by atoms with E-state index in [1.807, 2.05) is 5.32 Å². The van der Waals surface area contributed by atoms with Gasteiger partial charge in [-0.2, -0.15) is 12.6 Å². The highest BCUT2D eigenvalue weighted by Gasteiger charge is 2.31. The normalized spacial score (nSPS) is 14.3. The minimum atomic E-state index is -1.65. The van der Waals surface area contributed by atoms with Gasteiger partial charge in [-0.15, -0.1) is 0 Å². The summed E-state index contributed by atoms with van der Waals surface area (Å²) in [7, 11) is 0. The van der Waals surface area contributed by atoms with Crippen molar-refractivity contribution in [3.8, 4) is 0 Å². The van der Waals surface area contributed by atoms with Crippen LogP contribution in [0.2, 0.25) is 0 Å². The second kappa shape index (κ2) is 13.3. The number of nitrogens with one attached hydrogen (secondary N) is 3. The number of hydrogen-bond donors (Lipinski definition) is 8. The molecule has 0 aliphatic carbocycles. The van der Waals surface area contributed by atoms with Crippen LogP contribution < -0.4 is 27.4 Å². The fourth-order valence-corrected chi connectivity index (χ4v) is 2.73. The highest BCUT2D eigenvalue weighted by Crippen LogP contribution is 2.05. The number of aliphatic hydroxyl groups excluding tert-OH is 1. The molecule has 0 spiro atoms. The Bertz CT molecular complexity index is 824. The summed E-state index contributed by atoms with van der Waals surface area (Å²) >= 11 is 3.95. The van der Waals surface area contributed by atoms with E-state index in [0.717, 1.165) is 0 Å². The number of primary amides is 1. The Morgan fingerprint density at radius 1 is 0.906 bits per heavy atom. The van der Waals surface area contributed by atoms with Crippen LogP contribution in [0, 0.1) is 0 Å². The van der Waals surface area contributed by atoms with E-state index in [-0.39, 0.29) is 12.2 Å². The number of hydrogen-bond acceptors (Lipinski definition) is 8. The van der Waals surface area contributed by atoms with Gasteiger partial charge in [0, 0.05) is 12.2 Å². The molecule has 1 aromatic rings. The van der Waals surface area contributed by atoms with Gasteiger partial charge in [-0.1, -0.05) is 30.3 Å². The van der Waals surface area contributed by atoms with Crippen molar-refractivity contribution >= 4 is 42.2 Å². The third kappa shape index (κ3) is 8.91. The average Bonchev–Trinajstić information content (AvgIpc) is 2.75. The Labute approximate surface area is 189 Å². The average molecular weight is 470 g/mol. The van der Waals surface area contributed by atoms with Gasteiger partial charge in [0.2, 0.25) is 23.6 Å². The first-order valence-corrected chi connectivity index (χ1v) is 10.2. The molecule has 0 aliphatic heterocycles. The van der Waals surface area contributed by atoms with E-state index in [9.17, 15) is 24.0 Å². The van der Waals surface area contributed by atoms with Crippen LogP contribution in [0.1, 0.15) is 12.0 Å². The lowest BCUT2D eigenvalue weighted by Gasteiger charge is -2.24. The maximum Gasteiger partial charge on any atom is 0.328 e. The number of benzene rings is 1. The van der Waals surface area contributed by atoms with Gasteiger partial charge in [0.25, 0.3) is 0 Å². The zero-order valence-electron chi connectivity index (χ0n) is 17.1. The van der Waals surface area contributed by atoms with E-state index in [0.29, 0.717) is 5.56 Å². The van der Waals surface area contributed by atoms with Crippen LogP contribution >= 0.6 is 12.6 Å². The summed E-state index contributed by atoms with van der Waals surface area (Å²) < 4.78 is 0. The number of amides is 4. The summed E-state index contributed by atoms with van der Waals surface area (Å²) in [5, 5.41) is 24.8. The van der Waals surface area contributed by atoms with Crippen molar-refractivity contribution in [2.75, 3.05) is 12.4 Å². The van der Waals surface area contributed by atoms with E-state index >= 15 is 0 Å². The molecule has 1 aromatic carbocycles. The van der Waals surface area contributed by atoms with Gasteiger partial charge in [-0.25, -0.2) is 4.79 Å². The van der Waals surface area contributed by atoms with E-state index < -0.39 is 66.8 Å². The summed E-state index contributed by atoms with van der Waals surface area (Å²) in [4.78, 5) is 60.0.